The smallest absolute Gasteiger partial charge is 0.449 e. The fraction of sp³-hybridized carbons (Fsp3) is 0.900. The molecule has 1 saturated heterocycles. The average Bonchev–Trinajstić information content (AvgIpc) is 2.70. The van der Waals surface area contributed by atoms with Crippen molar-refractivity contribution >= 4 is 13.9 Å². The molecule has 0 aliphatic carbocycles. The molecule has 8 heteroatoms. The third kappa shape index (κ3) is 5.35. The Morgan fingerprint density at radius 2 is 2.17 bits per heavy atom. The first-order valence-electron chi connectivity index (χ1n) is 5.93. The van der Waals surface area contributed by atoms with Crippen molar-refractivity contribution in [2.24, 2.45) is 5.92 Å². The van der Waals surface area contributed by atoms with Crippen LogP contribution in [-0.4, -0.2) is 46.6 Å². The van der Waals surface area contributed by atoms with Gasteiger partial charge >= 0.3 is 13.9 Å². The van der Waals surface area contributed by atoms with Gasteiger partial charge in [0.15, 0.2) is 0 Å². The van der Waals surface area contributed by atoms with Crippen molar-refractivity contribution in [3.05, 3.63) is 0 Å². The van der Waals surface area contributed by atoms with Gasteiger partial charge in [-0.15, -0.1) is 0 Å². The largest absolute Gasteiger partial charge is 0.469 e. The summed E-state index contributed by atoms with van der Waals surface area (Å²) in [6.45, 7) is 4.58. The highest BCUT2D eigenvalue weighted by atomic mass is 31.2. The maximum absolute atomic E-state index is 11.7. The van der Waals surface area contributed by atoms with Gasteiger partial charge in [-0.3, -0.25) is 4.52 Å². The minimum Gasteiger partial charge on any atom is -0.449 e. The third-order valence-electron chi connectivity index (χ3n) is 2.59. The Balaban J connectivity index is 2.43. The summed E-state index contributed by atoms with van der Waals surface area (Å²) in [5.41, 5.74) is 0. The van der Waals surface area contributed by atoms with Crippen molar-refractivity contribution in [3.8, 4) is 0 Å². The Morgan fingerprint density at radius 3 is 2.72 bits per heavy atom. The van der Waals surface area contributed by atoms with E-state index in [1.807, 2.05) is 13.8 Å². The van der Waals surface area contributed by atoms with Gasteiger partial charge in [-0.1, -0.05) is 13.8 Å². The number of ether oxygens (including phenoxy) is 1. The molecule has 0 aromatic carbocycles. The van der Waals surface area contributed by atoms with Crippen molar-refractivity contribution in [2.45, 2.75) is 32.7 Å². The maximum Gasteiger partial charge on any atom is 0.469 e. The molecule has 1 aliphatic heterocycles. The molecule has 0 bridgehead atoms. The summed E-state index contributed by atoms with van der Waals surface area (Å²) in [4.78, 5) is 30.5. The summed E-state index contributed by atoms with van der Waals surface area (Å²) in [6.07, 6.45) is 1.00. The monoisotopic (exact) mass is 281 g/mol. The quantitative estimate of drug-likeness (QED) is 0.738. The lowest BCUT2D eigenvalue weighted by Crippen LogP contribution is -2.38. The van der Waals surface area contributed by atoms with E-state index < -0.39 is 13.9 Å². The molecule has 0 radical (unpaired) electrons. The fourth-order valence-electron chi connectivity index (χ4n) is 1.75. The van der Waals surface area contributed by atoms with Crippen molar-refractivity contribution < 1.29 is 28.4 Å². The highest BCUT2D eigenvalue weighted by Gasteiger charge is 2.31. The van der Waals surface area contributed by atoms with Crippen molar-refractivity contribution in [3.63, 3.8) is 0 Å². The second kappa shape index (κ2) is 6.52. The molecule has 0 spiro atoms. The van der Waals surface area contributed by atoms with Crippen LogP contribution in [0.2, 0.25) is 0 Å². The molecule has 0 aromatic rings. The van der Waals surface area contributed by atoms with Gasteiger partial charge in [0.1, 0.15) is 0 Å². The summed E-state index contributed by atoms with van der Waals surface area (Å²) in [5.74, 6) is 0.251. The van der Waals surface area contributed by atoms with E-state index in [0.717, 1.165) is 6.42 Å². The molecule has 2 N–H and O–H groups in total. The van der Waals surface area contributed by atoms with Crippen LogP contribution >= 0.6 is 7.82 Å². The molecule has 18 heavy (non-hydrogen) atoms. The van der Waals surface area contributed by atoms with E-state index in [-0.39, 0.29) is 18.6 Å². The van der Waals surface area contributed by atoms with Crippen LogP contribution in [0.25, 0.3) is 0 Å². The molecule has 0 unspecified atom stereocenters. The predicted octanol–water partition coefficient (Wildman–Crippen LogP) is 1.35. The Labute approximate surface area is 106 Å². The van der Waals surface area contributed by atoms with Crippen LogP contribution in [0.1, 0.15) is 26.7 Å². The highest BCUT2D eigenvalue weighted by Crippen LogP contribution is 2.37. The Morgan fingerprint density at radius 1 is 1.50 bits per heavy atom. The van der Waals surface area contributed by atoms with Gasteiger partial charge in [0.25, 0.3) is 0 Å². The van der Waals surface area contributed by atoms with E-state index in [0.29, 0.717) is 19.6 Å². The van der Waals surface area contributed by atoms with Crippen LogP contribution in [0.5, 0.6) is 0 Å². The number of hydrogen-bond acceptors (Lipinski definition) is 4. The standard InChI is InChI=1S/C10H20NO6P/c1-8(2)6-16-10(12)11-5-3-4-9(11)7-17-18(13,14)15/h8-9H,3-7H2,1-2H3,(H2,13,14,15)/t9-/m0/s1. The van der Waals surface area contributed by atoms with Crippen LogP contribution < -0.4 is 0 Å². The van der Waals surface area contributed by atoms with Crippen molar-refractivity contribution in [1.29, 1.82) is 0 Å². The summed E-state index contributed by atoms with van der Waals surface area (Å²) in [5, 5.41) is 0. The fourth-order valence-corrected chi connectivity index (χ4v) is 2.12. The van der Waals surface area contributed by atoms with Gasteiger partial charge in [0.2, 0.25) is 0 Å². The second-order valence-corrected chi connectivity index (χ2v) is 5.99. The third-order valence-corrected chi connectivity index (χ3v) is 3.07. The van der Waals surface area contributed by atoms with Gasteiger partial charge in [0.05, 0.1) is 19.3 Å². The molecule has 1 atom stereocenters. The van der Waals surface area contributed by atoms with Gasteiger partial charge < -0.3 is 19.4 Å². The van der Waals surface area contributed by atoms with Gasteiger partial charge in [0, 0.05) is 6.54 Å². The molecular weight excluding hydrogens is 261 g/mol. The number of carbonyl (C=O) groups excluding carboxylic acids is 1. The Kier molecular flexibility index (Phi) is 5.59. The minimum atomic E-state index is -4.48. The molecule has 1 heterocycles. The van der Waals surface area contributed by atoms with Crippen molar-refractivity contribution in [2.75, 3.05) is 19.8 Å². The molecule has 1 amide bonds. The van der Waals surface area contributed by atoms with Crippen LogP contribution in [-0.2, 0) is 13.8 Å². The number of nitrogens with zero attached hydrogens (tertiary/aromatic N) is 1. The number of carbonyl (C=O) groups is 1. The first-order chi connectivity index (χ1) is 8.29. The zero-order valence-electron chi connectivity index (χ0n) is 10.6. The van der Waals surface area contributed by atoms with E-state index in [9.17, 15) is 9.36 Å². The van der Waals surface area contributed by atoms with Crippen LogP contribution in [0.3, 0.4) is 0 Å². The highest BCUT2D eigenvalue weighted by molar-refractivity contribution is 7.46. The number of amides is 1. The Bertz CT molecular complexity index is 328. The molecule has 0 saturated carbocycles. The number of likely N-dealkylation sites (tertiary alicyclic amines) is 1. The lowest BCUT2D eigenvalue weighted by molar-refractivity contribution is 0.0742. The van der Waals surface area contributed by atoms with Crippen molar-refractivity contribution in [1.82, 2.24) is 4.90 Å². The first-order valence-corrected chi connectivity index (χ1v) is 7.46. The molecule has 1 aliphatic rings. The normalized spacial score (nSPS) is 20.5. The number of rotatable bonds is 5. The topological polar surface area (TPSA) is 96.3 Å². The lowest BCUT2D eigenvalue weighted by Gasteiger charge is -2.24. The van der Waals surface area contributed by atoms with Gasteiger partial charge in [-0.05, 0) is 18.8 Å². The average molecular weight is 281 g/mol. The first kappa shape index (κ1) is 15.4. The van der Waals surface area contributed by atoms with E-state index in [1.54, 1.807) is 0 Å². The van der Waals surface area contributed by atoms with E-state index in [2.05, 4.69) is 4.52 Å². The van der Waals surface area contributed by atoms with Crippen LogP contribution in [0.15, 0.2) is 0 Å². The molecule has 1 rings (SSSR count). The summed E-state index contributed by atoms with van der Waals surface area (Å²) < 4.78 is 20.1. The number of phosphoric acid groups is 1. The lowest BCUT2D eigenvalue weighted by atomic mass is 10.2. The molecule has 106 valence electrons. The SMILES string of the molecule is CC(C)COC(=O)N1CCC[C@H]1COP(=O)(O)O. The predicted molar refractivity (Wildman–Crippen MR) is 63.9 cm³/mol. The molecule has 7 nitrogen and oxygen atoms in total. The summed E-state index contributed by atoms with van der Waals surface area (Å²) in [6, 6.07) is -0.322. The van der Waals surface area contributed by atoms with Gasteiger partial charge in [-0.25, -0.2) is 9.36 Å². The van der Waals surface area contributed by atoms with Crippen LogP contribution in [0.4, 0.5) is 4.79 Å². The summed E-state index contributed by atoms with van der Waals surface area (Å²) in [7, 11) is -4.48. The second-order valence-electron chi connectivity index (χ2n) is 4.75. The molecule has 0 aromatic heterocycles. The molecular formula is C10H20NO6P. The maximum atomic E-state index is 11.7. The number of hydrogen-bond donors (Lipinski definition) is 2. The summed E-state index contributed by atoms with van der Waals surface area (Å²) >= 11 is 0. The molecule has 1 fully saturated rings. The van der Waals surface area contributed by atoms with Gasteiger partial charge in [-0.2, -0.15) is 0 Å². The number of phosphoric ester groups is 1. The minimum absolute atomic E-state index is 0.166. The Hall–Kier alpha value is -0.620. The zero-order chi connectivity index (χ0) is 13.8. The van der Waals surface area contributed by atoms with E-state index in [1.165, 1.54) is 4.90 Å². The van der Waals surface area contributed by atoms with E-state index >= 15 is 0 Å². The van der Waals surface area contributed by atoms with Crippen LogP contribution in [0, 0.1) is 5.92 Å². The van der Waals surface area contributed by atoms with E-state index in [4.69, 9.17) is 14.5 Å². The zero-order valence-corrected chi connectivity index (χ0v) is 11.5.